The largest absolute Gasteiger partial charge is 0.383 e. The molecule has 0 aliphatic carbocycles. The number of benzene rings is 1. The maximum Gasteiger partial charge on any atom is 0.0657 e. The Morgan fingerprint density at radius 3 is 2.07 bits per heavy atom. The fourth-order valence-electron chi connectivity index (χ4n) is 1.63. The Hall–Kier alpha value is -0.860. The van der Waals surface area contributed by atoms with Crippen LogP contribution >= 0.6 is 0 Å². The molecule has 0 heterocycles. The minimum atomic E-state index is 0.288. The summed E-state index contributed by atoms with van der Waals surface area (Å²) in [5, 5.41) is 3.24. The van der Waals surface area contributed by atoms with E-state index in [1.807, 2.05) is 7.05 Å². The lowest BCUT2D eigenvalue weighted by atomic mass is 9.99. The Morgan fingerprint density at radius 2 is 1.67 bits per heavy atom. The molecule has 1 aromatic carbocycles. The number of rotatable bonds is 5. The molecular weight excluding hydrogens is 186 g/mol. The van der Waals surface area contributed by atoms with Gasteiger partial charge in [0.25, 0.3) is 0 Å². The van der Waals surface area contributed by atoms with Crippen LogP contribution in [0.2, 0.25) is 0 Å². The van der Waals surface area contributed by atoms with E-state index in [2.05, 4.69) is 43.4 Å². The number of methoxy groups -OCH3 is 1. The molecule has 1 N–H and O–H groups in total. The highest BCUT2D eigenvalue weighted by atomic mass is 16.5. The van der Waals surface area contributed by atoms with Gasteiger partial charge >= 0.3 is 0 Å². The second-order valence-corrected chi connectivity index (χ2v) is 4.12. The van der Waals surface area contributed by atoms with E-state index in [1.54, 1.807) is 7.11 Å². The quantitative estimate of drug-likeness (QED) is 0.801. The third kappa shape index (κ3) is 3.33. The molecule has 0 amide bonds. The number of nitrogens with one attached hydrogen (secondary N) is 1. The average molecular weight is 207 g/mol. The molecule has 1 aromatic rings. The van der Waals surface area contributed by atoms with E-state index in [4.69, 9.17) is 4.74 Å². The summed E-state index contributed by atoms with van der Waals surface area (Å²) < 4.78 is 5.16. The molecule has 0 aliphatic heterocycles. The van der Waals surface area contributed by atoms with Crippen LogP contribution in [0.25, 0.3) is 0 Å². The second kappa shape index (κ2) is 5.89. The number of hydrogen-bond donors (Lipinski definition) is 1. The van der Waals surface area contributed by atoms with E-state index in [1.165, 1.54) is 11.1 Å². The monoisotopic (exact) mass is 207 g/mol. The van der Waals surface area contributed by atoms with Gasteiger partial charge < -0.3 is 10.1 Å². The Bertz CT molecular complexity index is 279. The minimum Gasteiger partial charge on any atom is -0.383 e. The van der Waals surface area contributed by atoms with Gasteiger partial charge in [0.1, 0.15) is 0 Å². The van der Waals surface area contributed by atoms with Gasteiger partial charge in [0, 0.05) is 7.11 Å². The summed E-state index contributed by atoms with van der Waals surface area (Å²) in [7, 11) is 3.69. The van der Waals surface area contributed by atoms with Crippen LogP contribution in [0.4, 0.5) is 0 Å². The standard InChI is InChI=1S/C13H21NO/c1-10(2)11-5-7-12(8-6-11)13(14-3)9-15-4/h5-8,10,13-14H,9H2,1-4H3. The topological polar surface area (TPSA) is 21.3 Å². The summed E-state index contributed by atoms with van der Waals surface area (Å²) >= 11 is 0. The fraction of sp³-hybridized carbons (Fsp3) is 0.538. The molecule has 0 radical (unpaired) electrons. The first-order chi connectivity index (χ1) is 7.19. The fourth-order valence-corrected chi connectivity index (χ4v) is 1.63. The predicted molar refractivity (Wildman–Crippen MR) is 64.2 cm³/mol. The highest BCUT2D eigenvalue weighted by Crippen LogP contribution is 2.18. The molecule has 0 bridgehead atoms. The maximum absolute atomic E-state index is 5.16. The van der Waals surface area contributed by atoms with Gasteiger partial charge in [0.2, 0.25) is 0 Å². The molecule has 1 unspecified atom stereocenters. The third-order valence-corrected chi connectivity index (χ3v) is 2.69. The summed E-state index contributed by atoms with van der Waals surface area (Å²) in [4.78, 5) is 0. The molecule has 0 aromatic heterocycles. The molecule has 2 nitrogen and oxygen atoms in total. The van der Waals surface area contributed by atoms with Crippen LogP contribution in [0.3, 0.4) is 0 Å². The van der Waals surface area contributed by atoms with Crippen LogP contribution in [0, 0.1) is 0 Å². The molecule has 2 heteroatoms. The predicted octanol–water partition coefficient (Wildman–Crippen LogP) is 2.72. The average Bonchev–Trinajstić information content (AvgIpc) is 2.26. The Morgan fingerprint density at radius 1 is 1.13 bits per heavy atom. The van der Waals surface area contributed by atoms with Crippen LogP contribution in [0.15, 0.2) is 24.3 Å². The van der Waals surface area contributed by atoms with Gasteiger partial charge in [0.05, 0.1) is 12.6 Å². The molecule has 0 fully saturated rings. The molecular formula is C13H21NO. The van der Waals surface area contributed by atoms with Crippen LogP contribution in [0.5, 0.6) is 0 Å². The van der Waals surface area contributed by atoms with Gasteiger partial charge in [0.15, 0.2) is 0 Å². The van der Waals surface area contributed by atoms with Crippen molar-refractivity contribution in [1.82, 2.24) is 5.32 Å². The lowest BCUT2D eigenvalue weighted by Crippen LogP contribution is -2.21. The first-order valence-corrected chi connectivity index (χ1v) is 5.45. The van der Waals surface area contributed by atoms with Crippen molar-refractivity contribution in [3.05, 3.63) is 35.4 Å². The van der Waals surface area contributed by atoms with Crippen molar-refractivity contribution in [2.75, 3.05) is 20.8 Å². The highest BCUT2D eigenvalue weighted by molar-refractivity contribution is 5.26. The van der Waals surface area contributed by atoms with Crippen molar-refractivity contribution in [3.8, 4) is 0 Å². The summed E-state index contributed by atoms with van der Waals surface area (Å²) in [6.07, 6.45) is 0. The summed E-state index contributed by atoms with van der Waals surface area (Å²) in [5.74, 6) is 0.592. The van der Waals surface area contributed by atoms with Crippen molar-refractivity contribution < 1.29 is 4.74 Å². The van der Waals surface area contributed by atoms with Gasteiger partial charge in [-0.05, 0) is 24.1 Å². The van der Waals surface area contributed by atoms with E-state index >= 15 is 0 Å². The second-order valence-electron chi connectivity index (χ2n) is 4.12. The SMILES string of the molecule is CNC(COC)c1ccc(C(C)C)cc1. The number of likely N-dealkylation sites (N-methyl/N-ethyl adjacent to an activating group) is 1. The number of ether oxygens (including phenoxy) is 1. The van der Waals surface area contributed by atoms with Crippen molar-refractivity contribution in [3.63, 3.8) is 0 Å². The van der Waals surface area contributed by atoms with E-state index in [9.17, 15) is 0 Å². The van der Waals surface area contributed by atoms with Crippen molar-refractivity contribution in [1.29, 1.82) is 0 Å². The van der Waals surface area contributed by atoms with Crippen LogP contribution < -0.4 is 5.32 Å². The van der Waals surface area contributed by atoms with Gasteiger partial charge in [-0.3, -0.25) is 0 Å². The van der Waals surface area contributed by atoms with Crippen LogP contribution in [-0.2, 0) is 4.74 Å². The Balaban J connectivity index is 2.77. The smallest absolute Gasteiger partial charge is 0.0657 e. The van der Waals surface area contributed by atoms with Crippen LogP contribution in [-0.4, -0.2) is 20.8 Å². The van der Waals surface area contributed by atoms with Gasteiger partial charge in [-0.1, -0.05) is 38.1 Å². The van der Waals surface area contributed by atoms with Crippen LogP contribution in [0.1, 0.15) is 36.9 Å². The first kappa shape index (κ1) is 12.2. The zero-order valence-corrected chi connectivity index (χ0v) is 10.1. The third-order valence-electron chi connectivity index (χ3n) is 2.69. The molecule has 0 saturated heterocycles. The van der Waals surface area contributed by atoms with Gasteiger partial charge in [-0.2, -0.15) is 0 Å². The molecule has 84 valence electrons. The molecule has 0 saturated carbocycles. The first-order valence-electron chi connectivity index (χ1n) is 5.45. The summed E-state index contributed by atoms with van der Waals surface area (Å²) in [5.41, 5.74) is 2.66. The zero-order chi connectivity index (χ0) is 11.3. The van der Waals surface area contributed by atoms with E-state index < -0.39 is 0 Å². The summed E-state index contributed by atoms with van der Waals surface area (Å²) in [6, 6.07) is 9.03. The zero-order valence-electron chi connectivity index (χ0n) is 10.1. The normalized spacial score (nSPS) is 13.1. The molecule has 1 rings (SSSR count). The lowest BCUT2D eigenvalue weighted by Gasteiger charge is -2.16. The molecule has 0 spiro atoms. The van der Waals surface area contributed by atoms with E-state index in [-0.39, 0.29) is 6.04 Å². The van der Waals surface area contributed by atoms with Gasteiger partial charge in [-0.15, -0.1) is 0 Å². The summed E-state index contributed by atoms with van der Waals surface area (Å²) in [6.45, 7) is 5.12. The molecule has 0 aliphatic rings. The number of hydrogen-bond acceptors (Lipinski definition) is 2. The van der Waals surface area contributed by atoms with Gasteiger partial charge in [-0.25, -0.2) is 0 Å². The maximum atomic E-state index is 5.16. The molecule has 15 heavy (non-hydrogen) atoms. The highest BCUT2D eigenvalue weighted by Gasteiger charge is 2.08. The van der Waals surface area contributed by atoms with Crippen molar-refractivity contribution in [2.24, 2.45) is 0 Å². The van der Waals surface area contributed by atoms with Crippen molar-refractivity contribution >= 4 is 0 Å². The molecule has 1 atom stereocenters. The van der Waals surface area contributed by atoms with E-state index in [0.29, 0.717) is 12.5 Å². The van der Waals surface area contributed by atoms with Crippen molar-refractivity contribution in [2.45, 2.75) is 25.8 Å². The lowest BCUT2D eigenvalue weighted by molar-refractivity contribution is 0.170. The Kier molecular flexibility index (Phi) is 4.79. The minimum absolute atomic E-state index is 0.288. The Labute approximate surface area is 92.6 Å². The van der Waals surface area contributed by atoms with E-state index in [0.717, 1.165) is 0 Å².